The lowest BCUT2D eigenvalue weighted by Crippen LogP contribution is -2.44. The van der Waals surface area contributed by atoms with E-state index in [-0.39, 0.29) is 17.6 Å². The van der Waals surface area contributed by atoms with Gasteiger partial charge in [-0.1, -0.05) is 13.3 Å². The van der Waals surface area contributed by atoms with Crippen LogP contribution in [0, 0.1) is 12.8 Å². The average Bonchev–Trinajstić information content (AvgIpc) is 3.06. The standard InChI is InChI=1S/C20H30N2O3/c1-4-18-14(2)11-17(19(23)21(18)3)20(24)22(12-15-7-5-8-15)13-16-9-6-10-25-16/h11,15-16H,4-10,12-13H2,1-3H3/t16-/m0/s1. The molecule has 1 atom stereocenters. The summed E-state index contributed by atoms with van der Waals surface area (Å²) in [6.07, 6.45) is 6.57. The second-order valence-electron chi connectivity index (χ2n) is 7.55. The second-order valence-corrected chi connectivity index (χ2v) is 7.55. The fourth-order valence-electron chi connectivity index (χ4n) is 4.03. The van der Waals surface area contributed by atoms with Crippen LogP contribution in [0.5, 0.6) is 0 Å². The first-order valence-corrected chi connectivity index (χ1v) is 9.61. The monoisotopic (exact) mass is 346 g/mol. The van der Waals surface area contributed by atoms with Crippen LogP contribution in [0.4, 0.5) is 0 Å². The molecule has 0 bridgehead atoms. The van der Waals surface area contributed by atoms with Crippen LogP contribution < -0.4 is 5.56 Å². The zero-order valence-electron chi connectivity index (χ0n) is 15.7. The van der Waals surface area contributed by atoms with Crippen molar-refractivity contribution >= 4 is 5.91 Å². The third kappa shape index (κ3) is 3.81. The van der Waals surface area contributed by atoms with Crippen molar-refractivity contribution in [1.82, 2.24) is 9.47 Å². The van der Waals surface area contributed by atoms with Crippen LogP contribution in [0.3, 0.4) is 0 Å². The lowest BCUT2D eigenvalue weighted by Gasteiger charge is -2.33. The summed E-state index contributed by atoms with van der Waals surface area (Å²) in [5, 5.41) is 0. The van der Waals surface area contributed by atoms with Gasteiger partial charge in [-0.25, -0.2) is 0 Å². The zero-order valence-corrected chi connectivity index (χ0v) is 15.7. The highest BCUT2D eigenvalue weighted by Gasteiger charge is 2.29. The summed E-state index contributed by atoms with van der Waals surface area (Å²) in [4.78, 5) is 27.8. The number of hydrogen-bond donors (Lipinski definition) is 0. The van der Waals surface area contributed by atoms with E-state index in [0.29, 0.717) is 18.0 Å². The van der Waals surface area contributed by atoms with Gasteiger partial charge in [-0.15, -0.1) is 0 Å². The molecule has 1 aromatic heterocycles. The number of aryl methyl sites for hydroxylation is 1. The molecule has 0 N–H and O–H groups in total. The topological polar surface area (TPSA) is 51.5 Å². The van der Waals surface area contributed by atoms with Crippen LogP contribution in [-0.4, -0.2) is 41.2 Å². The highest BCUT2D eigenvalue weighted by Crippen LogP contribution is 2.28. The Morgan fingerprint density at radius 3 is 2.60 bits per heavy atom. The molecule has 0 unspecified atom stereocenters. The third-order valence-corrected chi connectivity index (χ3v) is 5.76. The highest BCUT2D eigenvalue weighted by atomic mass is 16.5. The Hall–Kier alpha value is -1.62. The molecule has 5 nitrogen and oxygen atoms in total. The van der Waals surface area contributed by atoms with Crippen LogP contribution >= 0.6 is 0 Å². The van der Waals surface area contributed by atoms with Crippen molar-refractivity contribution in [1.29, 1.82) is 0 Å². The summed E-state index contributed by atoms with van der Waals surface area (Å²) in [5.74, 6) is 0.443. The van der Waals surface area contributed by atoms with Gasteiger partial charge in [-0.3, -0.25) is 9.59 Å². The summed E-state index contributed by atoms with van der Waals surface area (Å²) < 4.78 is 7.37. The van der Waals surface area contributed by atoms with Crippen LogP contribution in [0.15, 0.2) is 10.9 Å². The van der Waals surface area contributed by atoms with E-state index in [2.05, 4.69) is 0 Å². The maximum absolute atomic E-state index is 13.2. The van der Waals surface area contributed by atoms with E-state index < -0.39 is 0 Å². The minimum Gasteiger partial charge on any atom is -0.376 e. The zero-order chi connectivity index (χ0) is 18.0. The van der Waals surface area contributed by atoms with Crippen LogP contribution in [0.25, 0.3) is 0 Å². The maximum atomic E-state index is 13.2. The van der Waals surface area contributed by atoms with Gasteiger partial charge in [0.15, 0.2) is 0 Å². The number of rotatable bonds is 6. The highest BCUT2D eigenvalue weighted by molar-refractivity contribution is 5.94. The summed E-state index contributed by atoms with van der Waals surface area (Å²) in [7, 11) is 1.77. The smallest absolute Gasteiger partial charge is 0.263 e. The van der Waals surface area contributed by atoms with Crippen LogP contribution in [0.1, 0.15) is 60.6 Å². The van der Waals surface area contributed by atoms with Crippen molar-refractivity contribution in [3.63, 3.8) is 0 Å². The molecule has 2 heterocycles. The van der Waals surface area contributed by atoms with Crippen molar-refractivity contribution in [2.24, 2.45) is 13.0 Å². The molecule has 1 aromatic rings. The van der Waals surface area contributed by atoms with Gasteiger partial charge in [-0.2, -0.15) is 0 Å². The molecule has 138 valence electrons. The third-order valence-electron chi connectivity index (χ3n) is 5.76. The number of ether oxygens (including phenoxy) is 1. The first kappa shape index (κ1) is 18.2. The molecule has 1 saturated heterocycles. The van der Waals surface area contributed by atoms with Gasteiger partial charge in [0.1, 0.15) is 5.56 Å². The van der Waals surface area contributed by atoms with E-state index in [1.165, 1.54) is 19.3 Å². The molecule has 5 heteroatoms. The van der Waals surface area contributed by atoms with Crippen molar-refractivity contribution in [2.75, 3.05) is 19.7 Å². The summed E-state index contributed by atoms with van der Waals surface area (Å²) in [6, 6.07) is 1.78. The molecule has 1 aliphatic heterocycles. The first-order chi connectivity index (χ1) is 12.0. The van der Waals surface area contributed by atoms with Crippen molar-refractivity contribution in [3.05, 3.63) is 33.2 Å². The minimum atomic E-state index is -0.182. The predicted octanol–water partition coefficient (Wildman–Crippen LogP) is 2.68. The quantitative estimate of drug-likeness (QED) is 0.796. The SMILES string of the molecule is CCc1c(C)cc(C(=O)N(CC2CCC2)C[C@@H]2CCCO2)c(=O)n1C. The molecule has 3 rings (SSSR count). The maximum Gasteiger partial charge on any atom is 0.263 e. The van der Waals surface area contributed by atoms with Gasteiger partial charge in [-0.05, 0) is 56.6 Å². The van der Waals surface area contributed by atoms with E-state index in [1.807, 2.05) is 18.7 Å². The lowest BCUT2D eigenvalue weighted by molar-refractivity contribution is 0.0446. The molecular weight excluding hydrogens is 316 g/mol. The molecule has 1 aliphatic carbocycles. The number of amides is 1. The minimum absolute atomic E-state index is 0.115. The molecule has 1 saturated carbocycles. The number of nitrogens with zero attached hydrogens (tertiary/aromatic N) is 2. The summed E-state index contributed by atoms with van der Waals surface area (Å²) in [6.45, 7) is 6.14. The van der Waals surface area contributed by atoms with Gasteiger partial charge >= 0.3 is 0 Å². The molecule has 0 radical (unpaired) electrons. The Morgan fingerprint density at radius 2 is 2.04 bits per heavy atom. The Morgan fingerprint density at radius 1 is 1.28 bits per heavy atom. The van der Waals surface area contributed by atoms with Crippen molar-refractivity contribution in [3.8, 4) is 0 Å². The number of carbonyl (C=O) groups excluding carboxylic acids is 1. The lowest BCUT2D eigenvalue weighted by atomic mass is 9.85. The van der Waals surface area contributed by atoms with E-state index in [1.54, 1.807) is 17.7 Å². The fraction of sp³-hybridized carbons (Fsp3) is 0.700. The molecule has 1 amide bonds. The summed E-state index contributed by atoms with van der Waals surface area (Å²) in [5.41, 5.74) is 2.12. The normalized spacial score (nSPS) is 20.5. The molecule has 2 fully saturated rings. The molecule has 0 spiro atoms. The van der Waals surface area contributed by atoms with Gasteiger partial charge in [0.2, 0.25) is 0 Å². The van der Waals surface area contributed by atoms with Gasteiger partial charge < -0.3 is 14.2 Å². The van der Waals surface area contributed by atoms with Gasteiger partial charge in [0.25, 0.3) is 11.5 Å². The number of aromatic nitrogens is 1. The van der Waals surface area contributed by atoms with E-state index in [0.717, 1.165) is 43.7 Å². The Kier molecular flexibility index (Phi) is 5.62. The number of pyridine rings is 1. The number of carbonyl (C=O) groups is 1. The largest absolute Gasteiger partial charge is 0.376 e. The van der Waals surface area contributed by atoms with Crippen LogP contribution in [0.2, 0.25) is 0 Å². The van der Waals surface area contributed by atoms with Crippen molar-refractivity contribution in [2.45, 2.75) is 58.5 Å². The molecular formula is C20H30N2O3. The number of hydrogen-bond acceptors (Lipinski definition) is 3. The Labute approximate surface area is 150 Å². The molecule has 25 heavy (non-hydrogen) atoms. The molecule has 2 aliphatic rings. The first-order valence-electron chi connectivity index (χ1n) is 9.61. The van der Waals surface area contributed by atoms with E-state index in [9.17, 15) is 9.59 Å². The van der Waals surface area contributed by atoms with Crippen LogP contribution in [-0.2, 0) is 18.2 Å². The fourth-order valence-corrected chi connectivity index (χ4v) is 4.03. The summed E-state index contributed by atoms with van der Waals surface area (Å²) >= 11 is 0. The van der Waals surface area contributed by atoms with Gasteiger partial charge in [0.05, 0.1) is 6.10 Å². The second kappa shape index (κ2) is 7.73. The van der Waals surface area contributed by atoms with E-state index in [4.69, 9.17) is 4.74 Å². The Balaban J connectivity index is 1.86. The van der Waals surface area contributed by atoms with E-state index >= 15 is 0 Å². The van der Waals surface area contributed by atoms with Crippen molar-refractivity contribution < 1.29 is 9.53 Å². The molecule has 0 aromatic carbocycles. The Bertz CT molecular complexity index is 685. The predicted molar refractivity (Wildman–Crippen MR) is 98.0 cm³/mol. The van der Waals surface area contributed by atoms with Gasteiger partial charge in [0, 0.05) is 32.4 Å². The average molecular weight is 346 g/mol.